The molecule has 0 aliphatic carbocycles. The van der Waals surface area contributed by atoms with Crippen LogP contribution in [0.25, 0.3) is 16.8 Å². The molecule has 0 saturated carbocycles. The number of benzene rings is 2. The van der Waals surface area contributed by atoms with Crippen molar-refractivity contribution in [1.29, 1.82) is 0 Å². The van der Waals surface area contributed by atoms with Crippen LogP contribution in [0.2, 0.25) is 0 Å². The van der Waals surface area contributed by atoms with Crippen molar-refractivity contribution >= 4 is 22.8 Å². The Morgan fingerprint density at radius 1 is 0.920 bits per heavy atom. The van der Waals surface area contributed by atoms with Crippen LogP contribution in [-0.2, 0) is 14.3 Å². The molecular weight excluding hydrogens is 316 g/mol. The Bertz CT molecular complexity index is 859. The highest BCUT2D eigenvalue weighted by Crippen LogP contribution is 2.22. The number of carbonyl (C=O) groups excluding carboxylic acids is 1. The number of rotatable bonds is 7. The third-order valence-corrected chi connectivity index (χ3v) is 3.43. The number of methoxy groups -OCH3 is 2. The van der Waals surface area contributed by atoms with Crippen LogP contribution in [0, 0.1) is 0 Å². The van der Waals surface area contributed by atoms with Gasteiger partial charge in [0.15, 0.2) is 0 Å². The van der Waals surface area contributed by atoms with E-state index < -0.39 is 5.97 Å². The Labute approximate surface area is 147 Å². The summed E-state index contributed by atoms with van der Waals surface area (Å²) in [4.78, 5) is 11.8. The molecule has 0 aromatic heterocycles. The number of carbonyl (C=O) groups is 1. The van der Waals surface area contributed by atoms with Crippen LogP contribution >= 0.6 is 0 Å². The molecule has 0 heterocycles. The zero-order valence-electron chi connectivity index (χ0n) is 14.3. The predicted molar refractivity (Wildman–Crippen MR) is 100 cm³/mol. The number of fused-ring (bicyclic) bond motifs is 1. The Kier molecular flexibility index (Phi) is 6.18. The van der Waals surface area contributed by atoms with Crippen molar-refractivity contribution in [2.75, 3.05) is 14.2 Å². The van der Waals surface area contributed by atoms with E-state index in [4.69, 9.17) is 14.2 Å². The third kappa shape index (κ3) is 5.39. The number of allylic oxidation sites excluding steroid dienone is 2. The molecule has 0 aliphatic heterocycles. The first-order chi connectivity index (χ1) is 12.0. The minimum absolute atomic E-state index is 0.207. The van der Waals surface area contributed by atoms with E-state index in [0.29, 0.717) is 5.76 Å². The number of esters is 1. The summed E-state index contributed by atoms with van der Waals surface area (Å²) in [6.45, 7) is 7.26. The summed E-state index contributed by atoms with van der Waals surface area (Å²) < 4.78 is 15.1. The first-order valence-corrected chi connectivity index (χ1v) is 7.59. The van der Waals surface area contributed by atoms with Crippen LogP contribution in [0.5, 0.6) is 5.75 Å². The highest BCUT2D eigenvalue weighted by Gasteiger charge is 2.01. The summed E-state index contributed by atoms with van der Waals surface area (Å²) in [7, 11) is 3.14. The van der Waals surface area contributed by atoms with E-state index in [1.165, 1.54) is 19.3 Å². The van der Waals surface area contributed by atoms with E-state index in [2.05, 4.69) is 13.2 Å². The van der Waals surface area contributed by atoms with E-state index >= 15 is 0 Å². The van der Waals surface area contributed by atoms with Gasteiger partial charge in [0.05, 0.1) is 14.2 Å². The Balaban J connectivity index is 2.02. The molecule has 0 amide bonds. The van der Waals surface area contributed by atoms with Gasteiger partial charge in [0.1, 0.15) is 17.3 Å². The van der Waals surface area contributed by atoms with Gasteiger partial charge in [-0.25, -0.2) is 4.79 Å². The summed E-state index contributed by atoms with van der Waals surface area (Å²) in [6, 6.07) is 11.7. The molecule has 2 aromatic rings. The molecule has 0 N–H and O–H groups in total. The van der Waals surface area contributed by atoms with Gasteiger partial charge in [-0.3, -0.25) is 0 Å². The first kappa shape index (κ1) is 18.1. The fourth-order valence-corrected chi connectivity index (χ4v) is 2.09. The molecule has 2 rings (SSSR count). The Morgan fingerprint density at radius 2 is 1.60 bits per heavy atom. The van der Waals surface area contributed by atoms with E-state index in [-0.39, 0.29) is 5.76 Å². The lowest BCUT2D eigenvalue weighted by Crippen LogP contribution is -1.98. The van der Waals surface area contributed by atoms with Gasteiger partial charge >= 0.3 is 5.97 Å². The molecule has 0 unspecified atom stereocenters. The highest BCUT2D eigenvalue weighted by molar-refractivity contribution is 5.90. The van der Waals surface area contributed by atoms with Crippen molar-refractivity contribution in [3.63, 3.8) is 0 Å². The lowest BCUT2D eigenvalue weighted by molar-refractivity contribution is -0.133. The van der Waals surface area contributed by atoms with Gasteiger partial charge in [0.25, 0.3) is 0 Å². The van der Waals surface area contributed by atoms with Gasteiger partial charge in [-0.2, -0.15) is 0 Å². The topological polar surface area (TPSA) is 44.8 Å². The van der Waals surface area contributed by atoms with Crippen molar-refractivity contribution in [3.05, 3.63) is 84.9 Å². The average molecular weight is 336 g/mol. The summed E-state index contributed by atoms with van der Waals surface area (Å²) >= 11 is 0. The second kappa shape index (κ2) is 8.55. The maximum absolute atomic E-state index is 11.8. The molecule has 0 spiro atoms. The second-order valence-corrected chi connectivity index (χ2v) is 5.20. The highest BCUT2D eigenvalue weighted by atomic mass is 16.5. The van der Waals surface area contributed by atoms with Crippen molar-refractivity contribution < 1.29 is 19.0 Å². The SMILES string of the molecule is C=C(/C=C\C(=C)OC(=O)/C=C\c1ccc2cc(OC)ccc2c1)OC. The molecule has 25 heavy (non-hydrogen) atoms. The maximum atomic E-state index is 11.8. The summed E-state index contributed by atoms with van der Waals surface area (Å²) in [5.74, 6) is 0.952. The quantitative estimate of drug-likeness (QED) is 0.320. The largest absolute Gasteiger partial charge is 0.497 e. The maximum Gasteiger partial charge on any atom is 0.336 e. The van der Waals surface area contributed by atoms with Crippen molar-refractivity contribution in [2.45, 2.75) is 0 Å². The van der Waals surface area contributed by atoms with Gasteiger partial charge in [0, 0.05) is 6.08 Å². The minimum atomic E-state index is -0.507. The van der Waals surface area contributed by atoms with E-state index in [9.17, 15) is 4.79 Å². The zero-order valence-corrected chi connectivity index (χ0v) is 14.3. The van der Waals surface area contributed by atoms with Crippen LogP contribution in [0.15, 0.2) is 79.3 Å². The summed E-state index contributed by atoms with van der Waals surface area (Å²) in [5.41, 5.74) is 0.892. The van der Waals surface area contributed by atoms with Gasteiger partial charge in [-0.1, -0.05) is 31.4 Å². The first-order valence-electron chi connectivity index (χ1n) is 7.59. The molecule has 0 aliphatic rings. The number of hydrogen-bond donors (Lipinski definition) is 0. The molecule has 4 heteroatoms. The predicted octanol–water partition coefficient (Wildman–Crippen LogP) is 4.63. The molecular formula is C21H20O4. The van der Waals surface area contributed by atoms with Crippen LogP contribution in [-0.4, -0.2) is 20.2 Å². The number of ether oxygens (including phenoxy) is 3. The van der Waals surface area contributed by atoms with Crippen LogP contribution in [0.3, 0.4) is 0 Å². The molecule has 0 radical (unpaired) electrons. The van der Waals surface area contributed by atoms with Crippen molar-refractivity contribution in [2.24, 2.45) is 0 Å². The van der Waals surface area contributed by atoms with E-state index in [1.54, 1.807) is 19.3 Å². The zero-order chi connectivity index (χ0) is 18.2. The Morgan fingerprint density at radius 3 is 2.32 bits per heavy atom. The minimum Gasteiger partial charge on any atom is -0.497 e. The molecule has 0 atom stereocenters. The fraction of sp³-hybridized carbons (Fsp3) is 0.0952. The molecule has 128 valence electrons. The smallest absolute Gasteiger partial charge is 0.336 e. The molecule has 0 bridgehead atoms. The Hall–Kier alpha value is -3.27. The molecule has 2 aromatic carbocycles. The lowest BCUT2D eigenvalue weighted by Gasteiger charge is -2.03. The second-order valence-electron chi connectivity index (χ2n) is 5.20. The van der Waals surface area contributed by atoms with Crippen LogP contribution in [0.4, 0.5) is 0 Å². The van der Waals surface area contributed by atoms with Crippen LogP contribution in [0.1, 0.15) is 5.56 Å². The monoisotopic (exact) mass is 336 g/mol. The van der Waals surface area contributed by atoms with Crippen LogP contribution < -0.4 is 4.74 Å². The van der Waals surface area contributed by atoms with Crippen molar-refractivity contribution in [1.82, 2.24) is 0 Å². The lowest BCUT2D eigenvalue weighted by atomic mass is 10.1. The normalized spacial score (nSPS) is 11.0. The summed E-state index contributed by atoms with van der Waals surface area (Å²) in [5, 5.41) is 2.12. The molecule has 0 fully saturated rings. The average Bonchev–Trinajstić information content (AvgIpc) is 2.63. The summed E-state index contributed by atoms with van der Waals surface area (Å²) in [6.07, 6.45) is 6.13. The van der Waals surface area contributed by atoms with Gasteiger partial charge in [0.2, 0.25) is 0 Å². The standard InChI is InChI=1S/C21H20O4/c1-15(23-3)5-6-16(2)25-21(22)12-8-17-7-9-19-14-20(24-4)11-10-18(19)13-17/h5-14H,1-2H2,3-4H3/b6-5-,12-8-. The van der Waals surface area contributed by atoms with Gasteiger partial charge in [-0.15, -0.1) is 0 Å². The van der Waals surface area contributed by atoms with Gasteiger partial charge < -0.3 is 14.2 Å². The molecule has 4 nitrogen and oxygen atoms in total. The number of hydrogen-bond acceptors (Lipinski definition) is 4. The van der Waals surface area contributed by atoms with Crippen molar-refractivity contribution in [3.8, 4) is 5.75 Å². The fourth-order valence-electron chi connectivity index (χ4n) is 2.09. The van der Waals surface area contributed by atoms with E-state index in [1.807, 2.05) is 36.4 Å². The molecule has 0 saturated heterocycles. The van der Waals surface area contributed by atoms with Gasteiger partial charge in [-0.05, 0) is 52.8 Å². The third-order valence-electron chi connectivity index (χ3n) is 3.43. The van der Waals surface area contributed by atoms with E-state index in [0.717, 1.165) is 22.1 Å².